The third-order valence-electron chi connectivity index (χ3n) is 3.63. The number of hydrogen-bond donors (Lipinski definition) is 2. The van der Waals surface area contributed by atoms with Crippen LogP contribution in [0.4, 0.5) is 0 Å². The van der Waals surface area contributed by atoms with Gasteiger partial charge in [-0.1, -0.05) is 23.7 Å². The van der Waals surface area contributed by atoms with Gasteiger partial charge >= 0.3 is 5.97 Å². The zero-order valence-electron chi connectivity index (χ0n) is 11.8. The Hall–Kier alpha value is -1.20. The van der Waals surface area contributed by atoms with E-state index in [4.69, 9.17) is 11.6 Å². The Labute approximate surface area is 133 Å². The van der Waals surface area contributed by atoms with E-state index in [0.29, 0.717) is 10.8 Å². The van der Waals surface area contributed by atoms with E-state index < -0.39 is 11.5 Å². The summed E-state index contributed by atoms with van der Waals surface area (Å²) in [5.41, 5.74) is -0.0864. The smallest absolute Gasteiger partial charge is 0.329 e. The van der Waals surface area contributed by atoms with Crippen molar-refractivity contribution < 1.29 is 14.7 Å². The fourth-order valence-corrected chi connectivity index (χ4v) is 3.19. The lowest BCUT2D eigenvalue weighted by atomic mass is 9.96. The highest BCUT2D eigenvalue weighted by molar-refractivity contribution is 7.99. The lowest BCUT2D eigenvalue weighted by Crippen LogP contribution is -2.54. The Bertz CT molecular complexity index is 547. The highest BCUT2D eigenvalue weighted by Gasteiger charge is 2.48. The van der Waals surface area contributed by atoms with E-state index in [0.717, 1.165) is 18.4 Å². The molecule has 0 bridgehead atoms. The largest absolute Gasteiger partial charge is 0.480 e. The lowest BCUT2D eigenvalue weighted by molar-refractivity contribution is -0.147. The molecule has 0 heterocycles. The van der Waals surface area contributed by atoms with Crippen LogP contribution in [0.3, 0.4) is 0 Å². The second-order valence-corrected chi connectivity index (χ2v) is 6.87. The number of thioether (sulfide) groups is 1. The van der Waals surface area contributed by atoms with Gasteiger partial charge in [0.25, 0.3) is 0 Å². The van der Waals surface area contributed by atoms with Crippen LogP contribution in [0.5, 0.6) is 0 Å². The minimum absolute atomic E-state index is 0.0527. The molecule has 1 amide bonds. The summed E-state index contributed by atoms with van der Waals surface area (Å²) in [5.74, 6) is -0.238. The third-order valence-corrected chi connectivity index (χ3v) is 4.87. The second-order valence-electron chi connectivity index (χ2n) is 5.45. The first-order valence-corrected chi connectivity index (χ1v) is 8.31. The summed E-state index contributed by atoms with van der Waals surface area (Å²) in [6.07, 6.45) is 1.72. The molecule has 0 saturated heterocycles. The fourth-order valence-electron chi connectivity index (χ4n) is 2.20. The molecule has 1 fully saturated rings. The van der Waals surface area contributed by atoms with Gasteiger partial charge in [0, 0.05) is 10.8 Å². The minimum atomic E-state index is -1.13. The number of rotatable bonds is 7. The van der Waals surface area contributed by atoms with Gasteiger partial charge in [-0.15, -0.1) is 11.8 Å². The van der Waals surface area contributed by atoms with Crippen molar-refractivity contribution in [1.29, 1.82) is 0 Å². The molecule has 0 aromatic heterocycles. The molecule has 2 rings (SSSR count). The van der Waals surface area contributed by atoms with Crippen LogP contribution in [-0.2, 0) is 15.3 Å². The number of halogens is 1. The van der Waals surface area contributed by atoms with Crippen molar-refractivity contribution in [3.63, 3.8) is 0 Å². The maximum Gasteiger partial charge on any atom is 0.329 e. The van der Waals surface area contributed by atoms with E-state index in [1.807, 2.05) is 18.2 Å². The molecule has 0 radical (unpaired) electrons. The van der Waals surface area contributed by atoms with Crippen molar-refractivity contribution in [2.45, 2.75) is 31.1 Å². The molecule has 21 heavy (non-hydrogen) atoms. The van der Waals surface area contributed by atoms with E-state index in [1.54, 1.807) is 13.0 Å². The molecule has 114 valence electrons. The third kappa shape index (κ3) is 4.38. The molecule has 4 nitrogen and oxygen atoms in total. The number of aliphatic carboxylic acids is 1. The Morgan fingerprint density at radius 2 is 2.19 bits per heavy atom. The lowest BCUT2D eigenvalue weighted by Gasteiger charge is -2.26. The van der Waals surface area contributed by atoms with Gasteiger partial charge < -0.3 is 10.4 Å². The Morgan fingerprint density at radius 1 is 1.48 bits per heavy atom. The normalized spacial score (nSPS) is 17.0. The predicted molar refractivity (Wildman–Crippen MR) is 84.5 cm³/mol. The summed E-state index contributed by atoms with van der Waals surface area (Å²) in [5, 5.41) is 12.6. The van der Waals surface area contributed by atoms with E-state index in [1.165, 1.54) is 11.8 Å². The zero-order chi connectivity index (χ0) is 15.5. The summed E-state index contributed by atoms with van der Waals surface area (Å²) in [6, 6.07) is 7.48. The maximum absolute atomic E-state index is 11.9. The first-order chi connectivity index (χ1) is 9.91. The molecule has 1 aliphatic rings. The van der Waals surface area contributed by atoms with Crippen molar-refractivity contribution in [2.75, 3.05) is 5.75 Å². The Kier molecular flexibility index (Phi) is 5.17. The van der Waals surface area contributed by atoms with Gasteiger partial charge in [-0.25, -0.2) is 4.79 Å². The van der Waals surface area contributed by atoms with Gasteiger partial charge in [-0.3, -0.25) is 4.79 Å². The number of carboxylic acids is 1. The molecule has 1 unspecified atom stereocenters. The van der Waals surface area contributed by atoms with Crippen LogP contribution in [0.15, 0.2) is 24.3 Å². The van der Waals surface area contributed by atoms with Gasteiger partial charge in [0.05, 0.1) is 5.75 Å². The van der Waals surface area contributed by atoms with Crippen LogP contribution in [-0.4, -0.2) is 28.3 Å². The van der Waals surface area contributed by atoms with Gasteiger partial charge in [0.2, 0.25) is 5.91 Å². The first kappa shape index (κ1) is 16.2. The van der Waals surface area contributed by atoms with E-state index in [2.05, 4.69) is 5.32 Å². The molecular formula is C15H18ClNO3S. The summed E-state index contributed by atoms with van der Waals surface area (Å²) < 4.78 is 0. The molecule has 1 saturated carbocycles. The number of carbonyl (C=O) groups is 2. The van der Waals surface area contributed by atoms with Crippen LogP contribution in [0.25, 0.3) is 0 Å². The zero-order valence-corrected chi connectivity index (χ0v) is 13.3. The number of nitrogens with one attached hydrogen (secondary N) is 1. The van der Waals surface area contributed by atoms with Crippen LogP contribution in [0, 0.1) is 5.92 Å². The number of hydrogen-bond acceptors (Lipinski definition) is 3. The van der Waals surface area contributed by atoms with E-state index in [9.17, 15) is 14.7 Å². The molecule has 1 aromatic carbocycles. The minimum Gasteiger partial charge on any atom is -0.480 e. The molecule has 1 atom stereocenters. The first-order valence-electron chi connectivity index (χ1n) is 6.78. The molecule has 6 heteroatoms. The van der Waals surface area contributed by atoms with Crippen molar-refractivity contribution in [2.24, 2.45) is 5.92 Å². The number of carboxylic acid groups (broad SMARTS) is 1. The van der Waals surface area contributed by atoms with Gasteiger partial charge in [-0.2, -0.15) is 0 Å². The predicted octanol–water partition coefficient (Wildman–Crippen LogP) is 2.94. The van der Waals surface area contributed by atoms with Crippen LogP contribution in [0.1, 0.15) is 25.3 Å². The van der Waals surface area contributed by atoms with Crippen LogP contribution < -0.4 is 5.32 Å². The highest BCUT2D eigenvalue weighted by atomic mass is 35.5. The van der Waals surface area contributed by atoms with Crippen LogP contribution >= 0.6 is 23.4 Å². The van der Waals surface area contributed by atoms with Gasteiger partial charge in [-0.05, 0) is 43.4 Å². The molecule has 2 N–H and O–H groups in total. The topological polar surface area (TPSA) is 66.4 Å². The molecule has 0 spiro atoms. The van der Waals surface area contributed by atoms with Crippen LogP contribution in [0.2, 0.25) is 5.02 Å². The fraction of sp³-hybridized carbons (Fsp3) is 0.467. The average Bonchev–Trinajstić information content (AvgIpc) is 3.23. The number of carbonyl (C=O) groups excluding carboxylic acids is 1. The Morgan fingerprint density at radius 3 is 2.76 bits per heavy atom. The van der Waals surface area contributed by atoms with E-state index >= 15 is 0 Å². The maximum atomic E-state index is 11.9. The van der Waals surface area contributed by atoms with E-state index in [-0.39, 0.29) is 17.6 Å². The molecule has 1 aliphatic carbocycles. The van der Waals surface area contributed by atoms with Crippen molar-refractivity contribution in [3.8, 4) is 0 Å². The highest BCUT2D eigenvalue weighted by Crippen LogP contribution is 2.39. The van der Waals surface area contributed by atoms with Crippen molar-refractivity contribution in [1.82, 2.24) is 5.32 Å². The van der Waals surface area contributed by atoms with Gasteiger partial charge in [0.15, 0.2) is 0 Å². The summed E-state index contributed by atoms with van der Waals surface area (Å²) >= 11 is 7.34. The summed E-state index contributed by atoms with van der Waals surface area (Å²) in [7, 11) is 0. The molecular weight excluding hydrogens is 310 g/mol. The standard InChI is InChI=1S/C15H18ClNO3S/c1-15(14(19)20,11-5-6-11)17-13(18)9-21-8-10-3-2-4-12(16)7-10/h2-4,7,11H,5-6,8-9H2,1H3,(H,17,18)(H,19,20). The monoisotopic (exact) mass is 327 g/mol. The second kappa shape index (κ2) is 6.71. The van der Waals surface area contributed by atoms with Gasteiger partial charge in [0.1, 0.15) is 5.54 Å². The summed E-state index contributed by atoms with van der Waals surface area (Å²) in [6.45, 7) is 1.59. The van der Waals surface area contributed by atoms with Crippen molar-refractivity contribution >= 4 is 35.2 Å². The SMILES string of the molecule is CC(NC(=O)CSCc1cccc(Cl)c1)(C(=O)O)C1CC1. The van der Waals surface area contributed by atoms with Crippen molar-refractivity contribution in [3.05, 3.63) is 34.9 Å². The quantitative estimate of drug-likeness (QED) is 0.808. The molecule has 0 aliphatic heterocycles. The molecule has 1 aromatic rings. The Balaban J connectivity index is 1.80. The number of benzene rings is 1. The summed E-state index contributed by atoms with van der Waals surface area (Å²) in [4.78, 5) is 23.3. The number of amides is 1. The average molecular weight is 328 g/mol.